The van der Waals surface area contributed by atoms with Crippen molar-refractivity contribution in [3.63, 3.8) is 0 Å². The van der Waals surface area contributed by atoms with Gasteiger partial charge in [0.1, 0.15) is 0 Å². The molecule has 0 spiro atoms. The maximum Gasteiger partial charge on any atom is 0.214 e. The number of benzene rings is 1. The van der Waals surface area contributed by atoms with Gasteiger partial charge in [-0.05, 0) is 35.9 Å². The van der Waals surface area contributed by atoms with E-state index in [0.29, 0.717) is 5.82 Å². The third-order valence-corrected chi connectivity index (χ3v) is 4.24. The minimum Gasteiger partial charge on any atom is -0.177 e. The summed E-state index contributed by atoms with van der Waals surface area (Å²) in [5, 5.41) is 14.8. The van der Waals surface area contributed by atoms with Crippen LogP contribution in [0.2, 0.25) is 5.02 Å². The SMILES string of the molecule is Cc1ccc(Cl)c(Cc2ccc(-c3nn[nH]n3)s2)c1. The summed E-state index contributed by atoms with van der Waals surface area (Å²) in [6.45, 7) is 2.07. The number of nitrogens with one attached hydrogen (secondary N) is 1. The first-order valence-electron chi connectivity index (χ1n) is 5.80. The number of nitrogens with zero attached hydrogens (tertiary/aromatic N) is 3. The molecule has 2 aromatic heterocycles. The number of halogens is 1. The van der Waals surface area contributed by atoms with E-state index in [-0.39, 0.29) is 0 Å². The summed E-state index contributed by atoms with van der Waals surface area (Å²) in [5.74, 6) is 0.631. The van der Waals surface area contributed by atoms with E-state index in [1.165, 1.54) is 10.4 Å². The molecule has 2 heterocycles. The number of tetrazole rings is 1. The van der Waals surface area contributed by atoms with Crippen molar-refractivity contribution in [3.05, 3.63) is 51.4 Å². The van der Waals surface area contributed by atoms with Crippen molar-refractivity contribution in [2.24, 2.45) is 0 Å². The van der Waals surface area contributed by atoms with Crippen LogP contribution >= 0.6 is 22.9 Å². The molecule has 4 nitrogen and oxygen atoms in total. The topological polar surface area (TPSA) is 54.5 Å². The van der Waals surface area contributed by atoms with Crippen LogP contribution in [0.5, 0.6) is 0 Å². The van der Waals surface area contributed by atoms with E-state index in [1.54, 1.807) is 11.3 Å². The quantitative estimate of drug-likeness (QED) is 0.803. The van der Waals surface area contributed by atoms with Crippen LogP contribution < -0.4 is 0 Å². The minimum absolute atomic E-state index is 0.631. The summed E-state index contributed by atoms with van der Waals surface area (Å²) in [4.78, 5) is 2.24. The second kappa shape index (κ2) is 5.11. The van der Waals surface area contributed by atoms with Crippen LogP contribution in [-0.2, 0) is 6.42 Å². The van der Waals surface area contributed by atoms with Gasteiger partial charge >= 0.3 is 0 Å². The Balaban J connectivity index is 1.86. The average Bonchev–Trinajstić information content (AvgIpc) is 3.04. The molecule has 0 saturated heterocycles. The first-order valence-corrected chi connectivity index (χ1v) is 6.99. The van der Waals surface area contributed by atoms with Crippen LogP contribution in [0.1, 0.15) is 16.0 Å². The molecule has 0 aliphatic carbocycles. The molecule has 1 N–H and O–H groups in total. The van der Waals surface area contributed by atoms with E-state index in [9.17, 15) is 0 Å². The minimum atomic E-state index is 0.631. The second-order valence-corrected chi connectivity index (χ2v) is 5.85. The Morgan fingerprint density at radius 2 is 2.16 bits per heavy atom. The van der Waals surface area contributed by atoms with Gasteiger partial charge in [0.15, 0.2) is 0 Å². The summed E-state index contributed by atoms with van der Waals surface area (Å²) in [6, 6.07) is 10.2. The number of thiophene rings is 1. The van der Waals surface area contributed by atoms with Gasteiger partial charge in [-0.25, -0.2) is 0 Å². The van der Waals surface area contributed by atoms with Crippen LogP contribution in [0, 0.1) is 6.92 Å². The normalized spacial score (nSPS) is 10.8. The van der Waals surface area contributed by atoms with E-state index in [4.69, 9.17) is 11.6 Å². The van der Waals surface area contributed by atoms with Crippen LogP contribution in [-0.4, -0.2) is 20.6 Å². The highest BCUT2D eigenvalue weighted by Crippen LogP contribution is 2.28. The monoisotopic (exact) mass is 290 g/mol. The molecular weight excluding hydrogens is 280 g/mol. The van der Waals surface area contributed by atoms with Gasteiger partial charge in [0.2, 0.25) is 5.82 Å². The Bertz CT molecular complexity index is 690. The number of hydrogen-bond acceptors (Lipinski definition) is 4. The first-order chi connectivity index (χ1) is 9.22. The van der Waals surface area contributed by atoms with Crippen molar-refractivity contribution < 1.29 is 0 Å². The Hall–Kier alpha value is -1.72. The molecule has 19 heavy (non-hydrogen) atoms. The summed E-state index contributed by atoms with van der Waals surface area (Å²) >= 11 is 7.87. The van der Waals surface area contributed by atoms with Crippen LogP contribution in [0.25, 0.3) is 10.7 Å². The van der Waals surface area contributed by atoms with Gasteiger partial charge in [-0.2, -0.15) is 5.21 Å². The first kappa shape index (κ1) is 12.3. The fourth-order valence-corrected chi connectivity index (χ4v) is 3.03. The third-order valence-electron chi connectivity index (χ3n) is 2.79. The Kier molecular flexibility index (Phi) is 3.31. The molecule has 96 valence electrons. The van der Waals surface area contributed by atoms with E-state index >= 15 is 0 Å². The summed E-state index contributed by atoms with van der Waals surface area (Å²) in [5.41, 5.74) is 2.36. The van der Waals surface area contributed by atoms with E-state index in [0.717, 1.165) is 21.9 Å². The largest absolute Gasteiger partial charge is 0.214 e. The van der Waals surface area contributed by atoms with Crippen molar-refractivity contribution in [1.29, 1.82) is 0 Å². The molecule has 0 atom stereocenters. The van der Waals surface area contributed by atoms with Gasteiger partial charge in [0, 0.05) is 16.3 Å². The van der Waals surface area contributed by atoms with Gasteiger partial charge in [-0.15, -0.1) is 21.5 Å². The number of aryl methyl sites for hydroxylation is 1. The lowest BCUT2D eigenvalue weighted by Gasteiger charge is -2.03. The van der Waals surface area contributed by atoms with E-state index in [2.05, 4.69) is 39.7 Å². The Morgan fingerprint density at radius 3 is 2.95 bits per heavy atom. The molecule has 0 bridgehead atoms. The van der Waals surface area contributed by atoms with Crippen molar-refractivity contribution in [1.82, 2.24) is 20.6 Å². The predicted molar refractivity (Wildman–Crippen MR) is 76.5 cm³/mol. The van der Waals surface area contributed by atoms with Crippen molar-refractivity contribution in [2.45, 2.75) is 13.3 Å². The van der Waals surface area contributed by atoms with Crippen LogP contribution in [0.15, 0.2) is 30.3 Å². The Labute approximate surface area is 119 Å². The van der Waals surface area contributed by atoms with Crippen molar-refractivity contribution in [2.75, 3.05) is 0 Å². The van der Waals surface area contributed by atoms with Gasteiger partial charge < -0.3 is 0 Å². The zero-order valence-corrected chi connectivity index (χ0v) is 11.8. The maximum atomic E-state index is 6.22. The fourth-order valence-electron chi connectivity index (χ4n) is 1.89. The highest BCUT2D eigenvalue weighted by Gasteiger charge is 2.09. The smallest absolute Gasteiger partial charge is 0.177 e. The van der Waals surface area contributed by atoms with E-state index in [1.807, 2.05) is 18.2 Å². The zero-order valence-electron chi connectivity index (χ0n) is 10.2. The summed E-state index contributed by atoms with van der Waals surface area (Å²) in [7, 11) is 0. The number of aromatic amines is 1. The van der Waals surface area contributed by atoms with E-state index < -0.39 is 0 Å². The molecule has 0 amide bonds. The number of hydrogen-bond donors (Lipinski definition) is 1. The average molecular weight is 291 g/mol. The lowest BCUT2D eigenvalue weighted by atomic mass is 10.1. The van der Waals surface area contributed by atoms with Crippen molar-refractivity contribution >= 4 is 22.9 Å². The van der Waals surface area contributed by atoms with Crippen LogP contribution in [0.4, 0.5) is 0 Å². The molecule has 6 heteroatoms. The molecule has 0 aliphatic heterocycles. The highest BCUT2D eigenvalue weighted by molar-refractivity contribution is 7.15. The Morgan fingerprint density at radius 1 is 1.26 bits per heavy atom. The standard InChI is InChI=1S/C13H11ClN4S/c1-8-2-4-11(14)9(6-8)7-10-3-5-12(19-10)13-15-17-18-16-13/h2-6H,7H2,1H3,(H,15,16,17,18). The van der Waals surface area contributed by atoms with Gasteiger partial charge in [0.05, 0.1) is 4.88 Å². The molecule has 0 unspecified atom stereocenters. The predicted octanol–water partition coefficient (Wildman–Crippen LogP) is 3.48. The molecule has 1 aromatic carbocycles. The fraction of sp³-hybridized carbons (Fsp3) is 0.154. The van der Waals surface area contributed by atoms with Gasteiger partial charge in [-0.3, -0.25) is 0 Å². The highest BCUT2D eigenvalue weighted by atomic mass is 35.5. The van der Waals surface area contributed by atoms with Crippen LogP contribution in [0.3, 0.4) is 0 Å². The molecule has 0 fully saturated rings. The lowest BCUT2D eigenvalue weighted by Crippen LogP contribution is -1.87. The molecule has 3 aromatic rings. The second-order valence-electron chi connectivity index (χ2n) is 4.27. The number of H-pyrrole nitrogens is 1. The van der Waals surface area contributed by atoms with Gasteiger partial charge in [-0.1, -0.05) is 29.3 Å². The number of aromatic nitrogens is 4. The maximum absolute atomic E-state index is 6.22. The van der Waals surface area contributed by atoms with Gasteiger partial charge in [0.25, 0.3) is 0 Å². The molecule has 0 aliphatic rings. The molecule has 0 saturated carbocycles. The molecule has 3 rings (SSSR count). The third kappa shape index (κ3) is 2.67. The number of rotatable bonds is 3. The molecular formula is C13H11ClN4S. The lowest BCUT2D eigenvalue weighted by molar-refractivity contribution is 0.881. The summed E-state index contributed by atoms with van der Waals surface area (Å²) < 4.78 is 0. The van der Waals surface area contributed by atoms with Crippen molar-refractivity contribution in [3.8, 4) is 10.7 Å². The molecule has 0 radical (unpaired) electrons. The zero-order chi connectivity index (χ0) is 13.2. The summed E-state index contributed by atoms with van der Waals surface area (Å²) in [6.07, 6.45) is 0.822.